The summed E-state index contributed by atoms with van der Waals surface area (Å²) >= 11 is 0. The number of fused-ring (bicyclic) bond motifs is 1. The second-order valence-electron chi connectivity index (χ2n) is 6.00. The van der Waals surface area contributed by atoms with Gasteiger partial charge in [0.1, 0.15) is 0 Å². The number of nitrogens with zero attached hydrogens (tertiary/aromatic N) is 1. The molecule has 0 aliphatic carbocycles. The van der Waals surface area contributed by atoms with E-state index in [9.17, 15) is 4.79 Å². The van der Waals surface area contributed by atoms with E-state index in [1.807, 2.05) is 6.07 Å². The van der Waals surface area contributed by atoms with Gasteiger partial charge in [-0.3, -0.25) is 4.90 Å². The van der Waals surface area contributed by atoms with Crippen molar-refractivity contribution in [1.29, 1.82) is 0 Å². The Bertz CT molecular complexity index is 717. The molecule has 0 saturated carbocycles. The molecule has 1 N–H and O–H groups in total. The van der Waals surface area contributed by atoms with Gasteiger partial charge in [0.25, 0.3) is 0 Å². The standard InChI is InChI=1S/C18H22N2O2/c1-12-13(10-17(21)22-3)8-9-20(2)18(12)15-11-19-16-7-5-4-6-14(15)16/h4-7,10-12,18-19H,8-9H2,1-3H3/b13-10+/t12-,18+/m1/s1. The van der Waals surface area contributed by atoms with Crippen LogP contribution < -0.4 is 0 Å². The summed E-state index contributed by atoms with van der Waals surface area (Å²) < 4.78 is 4.79. The highest BCUT2D eigenvalue weighted by molar-refractivity contribution is 5.84. The first kappa shape index (κ1) is 14.9. The van der Waals surface area contributed by atoms with Crippen molar-refractivity contribution in [1.82, 2.24) is 9.88 Å². The zero-order valence-electron chi connectivity index (χ0n) is 13.3. The number of methoxy groups -OCH3 is 1. The molecule has 0 spiro atoms. The van der Waals surface area contributed by atoms with E-state index < -0.39 is 0 Å². The summed E-state index contributed by atoms with van der Waals surface area (Å²) in [5.41, 5.74) is 3.61. The molecule has 1 aliphatic heterocycles. The molecule has 22 heavy (non-hydrogen) atoms. The van der Waals surface area contributed by atoms with Crippen molar-refractivity contribution in [3.8, 4) is 0 Å². The summed E-state index contributed by atoms with van der Waals surface area (Å²) in [6, 6.07) is 8.62. The maximum absolute atomic E-state index is 11.6. The number of likely N-dealkylation sites (tertiary alicyclic amines) is 1. The molecule has 116 valence electrons. The Labute approximate surface area is 130 Å². The van der Waals surface area contributed by atoms with E-state index >= 15 is 0 Å². The predicted octanol–water partition coefficient (Wildman–Crippen LogP) is 3.28. The number of ether oxygens (including phenoxy) is 1. The highest BCUT2D eigenvalue weighted by Gasteiger charge is 2.32. The van der Waals surface area contributed by atoms with Crippen molar-refractivity contribution < 1.29 is 9.53 Å². The lowest BCUT2D eigenvalue weighted by Crippen LogP contribution is -2.36. The summed E-state index contributed by atoms with van der Waals surface area (Å²) in [4.78, 5) is 17.3. The van der Waals surface area contributed by atoms with Gasteiger partial charge in [0.05, 0.1) is 7.11 Å². The Morgan fingerprint density at radius 1 is 1.41 bits per heavy atom. The fraction of sp³-hybridized carbons (Fsp3) is 0.389. The quantitative estimate of drug-likeness (QED) is 0.683. The molecule has 2 heterocycles. The molecule has 1 aromatic carbocycles. The monoisotopic (exact) mass is 298 g/mol. The zero-order valence-corrected chi connectivity index (χ0v) is 13.3. The molecule has 1 fully saturated rings. The van der Waals surface area contributed by atoms with Gasteiger partial charge in [-0.1, -0.05) is 30.7 Å². The first-order chi connectivity index (χ1) is 10.6. The smallest absolute Gasteiger partial charge is 0.330 e. The van der Waals surface area contributed by atoms with Crippen molar-refractivity contribution >= 4 is 16.9 Å². The number of H-pyrrole nitrogens is 1. The van der Waals surface area contributed by atoms with Crippen LogP contribution in [0.2, 0.25) is 0 Å². The van der Waals surface area contributed by atoms with Gasteiger partial charge >= 0.3 is 5.97 Å². The Morgan fingerprint density at radius 3 is 2.95 bits per heavy atom. The van der Waals surface area contributed by atoms with Gasteiger partial charge in [-0.15, -0.1) is 0 Å². The first-order valence-electron chi connectivity index (χ1n) is 7.66. The van der Waals surface area contributed by atoms with E-state index in [1.165, 1.54) is 23.6 Å². The maximum Gasteiger partial charge on any atom is 0.330 e. The van der Waals surface area contributed by atoms with E-state index in [0.29, 0.717) is 0 Å². The number of aromatic nitrogens is 1. The number of rotatable bonds is 2. The van der Waals surface area contributed by atoms with Crippen molar-refractivity contribution in [2.45, 2.75) is 19.4 Å². The third-order valence-electron chi connectivity index (χ3n) is 4.73. The van der Waals surface area contributed by atoms with Crippen LogP contribution in [0.4, 0.5) is 0 Å². The van der Waals surface area contributed by atoms with Gasteiger partial charge in [-0.2, -0.15) is 0 Å². The molecule has 2 atom stereocenters. The highest BCUT2D eigenvalue weighted by Crippen LogP contribution is 2.40. The summed E-state index contributed by atoms with van der Waals surface area (Å²) in [7, 11) is 3.58. The maximum atomic E-state index is 11.6. The fourth-order valence-electron chi connectivity index (χ4n) is 3.52. The Morgan fingerprint density at radius 2 is 2.18 bits per heavy atom. The lowest BCUT2D eigenvalue weighted by molar-refractivity contribution is -0.135. The minimum Gasteiger partial charge on any atom is -0.466 e. The molecule has 0 bridgehead atoms. The number of piperidine rings is 1. The Kier molecular flexibility index (Phi) is 4.03. The normalized spacial score (nSPS) is 24.8. The van der Waals surface area contributed by atoms with Crippen LogP contribution in [-0.4, -0.2) is 36.6 Å². The summed E-state index contributed by atoms with van der Waals surface area (Å²) in [6.07, 6.45) is 4.68. The molecule has 4 nitrogen and oxygen atoms in total. The van der Waals surface area contributed by atoms with Crippen LogP contribution in [0, 0.1) is 5.92 Å². The number of carbonyl (C=O) groups excluding carboxylic acids is 1. The van der Waals surface area contributed by atoms with Gasteiger partial charge in [0.2, 0.25) is 0 Å². The van der Waals surface area contributed by atoms with Crippen LogP contribution in [0.3, 0.4) is 0 Å². The van der Waals surface area contributed by atoms with E-state index in [2.05, 4.69) is 48.3 Å². The van der Waals surface area contributed by atoms with E-state index in [4.69, 9.17) is 4.74 Å². The molecular weight excluding hydrogens is 276 g/mol. The molecule has 1 aliphatic rings. The zero-order chi connectivity index (χ0) is 15.7. The molecule has 0 radical (unpaired) electrons. The number of carbonyl (C=O) groups is 1. The highest BCUT2D eigenvalue weighted by atomic mass is 16.5. The van der Waals surface area contributed by atoms with E-state index in [-0.39, 0.29) is 17.9 Å². The third kappa shape index (κ3) is 2.55. The second-order valence-corrected chi connectivity index (χ2v) is 6.00. The van der Waals surface area contributed by atoms with E-state index in [0.717, 1.165) is 18.5 Å². The molecular formula is C18H22N2O2. The molecule has 4 heteroatoms. The first-order valence-corrected chi connectivity index (χ1v) is 7.66. The summed E-state index contributed by atoms with van der Waals surface area (Å²) in [5.74, 6) is 0.0149. The van der Waals surface area contributed by atoms with Crippen LogP contribution in [0.25, 0.3) is 10.9 Å². The molecule has 0 amide bonds. The number of esters is 1. The fourth-order valence-corrected chi connectivity index (χ4v) is 3.52. The van der Waals surface area contributed by atoms with Gasteiger partial charge in [-0.05, 0) is 31.0 Å². The van der Waals surface area contributed by atoms with Gasteiger partial charge in [-0.25, -0.2) is 4.79 Å². The number of aromatic amines is 1. The van der Waals surface area contributed by atoms with Crippen LogP contribution in [-0.2, 0) is 9.53 Å². The lowest BCUT2D eigenvalue weighted by Gasteiger charge is -2.39. The number of hydrogen-bond donors (Lipinski definition) is 1. The largest absolute Gasteiger partial charge is 0.466 e. The van der Waals surface area contributed by atoms with Crippen molar-refractivity contribution in [2.75, 3.05) is 20.7 Å². The average molecular weight is 298 g/mol. The minimum atomic E-state index is -0.260. The second kappa shape index (κ2) is 5.97. The van der Waals surface area contributed by atoms with Crippen molar-refractivity contribution in [3.63, 3.8) is 0 Å². The molecule has 1 saturated heterocycles. The van der Waals surface area contributed by atoms with Crippen molar-refractivity contribution in [2.24, 2.45) is 5.92 Å². The molecule has 1 aromatic heterocycles. The van der Waals surface area contributed by atoms with Crippen LogP contribution in [0.5, 0.6) is 0 Å². The molecule has 3 rings (SSSR count). The lowest BCUT2D eigenvalue weighted by atomic mass is 9.82. The van der Waals surface area contributed by atoms with Crippen LogP contribution >= 0.6 is 0 Å². The van der Waals surface area contributed by atoms with Gasteiger partial charge in [0, 0.05) is 35.8 Å². The Balaban J connectivity index is 2.00. The number of para-hydroxylation sites is 1. The number of hydrogen-bond acceptors (Lipinski definition) is 3. The Hall–Kier alpha value is -2.07. The summed E-state index contributed by atoms with van der Waals surface area (Å²) in [5, 5.41) is 1.26. The average Bonchev–Trinajstić information content (AvgIpc) is 2.94. The van der Waals surface area contributed by atoms with Gasteiger partial charge < -0.3 is 9.72 Å². The van der Waals surface area contributed by atoms with E-state index in [1.54, 1.807) is 6.08 Å². The summed E-state index contributed by atoms with van der Waals surface area (Å²) in [6.45, 7) is 3.13. The predicted molar refractivity (Wildman–Crippen MR) is 87.5 cm³/mol. The third-order valence-corrected chi connectivity index (χ3v) is 4.73. The van der Waals surface area contributed by atoms with Crippen LogP contribution in [0.1, 0.15) is 24.9 Å². The topological polar surface area (TPSA) is 45.3 Å². The minimum absolute atomic E-state index is 0.260. The van der Waals surface area contributed by atoms with Gasteiger partial charge in [0.15, 0.2) is 0 Å². The number of benzene rings is 1. The van der Waals surface area contributed by atoms with Crippen molar-refractivity contribution in [3.05, 3.63) is 47.7 Å². The molecule has 0 unspecified atom stereocenters. The van der Waals surface area contributed by atoms with Crippen LogP contribution in [0.15, 0.2) is 42.1 Å². The SMILES string of the molecule is COC(=O)/C=C1\CCN(C)[C@H](c2c[nH]c3ccccc23)[C@@H]1C. The number of nitrogens with one attached hydrogen (secondary N) is 1. The molecule has 2 aromatic rings.